The molecule has 0 aliphatic carbocycles. The maximum Gasteiger partial charge on any atom is 0.420 e. The van der Waals surface area contributed by atoms with E-state index in [1.807, 2.05) is 6.07 Å². The quantitative estimate of drug-likeness (QED) is 0.634. The van der Waals surface area contributed by atoms with Crippen molar-refractivity contribution in [2.24, 2.45) is 0 Å². The lowest BCUT2D eigenvalue weighted by Crippen LogP contribution is -2.45. The summed E-state index contributed by atoms with van der Waals surface area (Å²) in [5.41, 5.74) is 3.42. The minimum atomic E-state index is -0.655. The first kappa shape index (κ1) is 21.3. The third-order valence-corrected chi connectivity index (χ3v) is 6.09. The maximum atomic E-state index is 12.7. The van der Waals surface area contributed by atoms with Crippen molar-refractivity contribution < 1.29 is 9.21 Å². The third-order valence-electron chi connectivity index (χ3n) is 6.09. The summed E-state index contributed by atoms with van der Waals surface area (Å²) in [6.07, 6.45) is 0. The Labute approximate surface area is 182 Å². The number of hydrogen-bond donors (Lipinski definition) is 1. The van der Waals surface area contributed by atoms with Gasteiger partial charge in [-0.25, -0.2) is 4.79 Å². The van der Waals surface area contributed by atoms with Gasteiger partial charge in [-0.05, 0) is 36.7 Å². The summed E-state index contributed by atoms with van der Waals surface area (Å²) in [7, 11) is 0. The number of piperazine rings is 1. The molecular formula is C24H30N4O3. The molecule has 1 atom stereocenters. The lowest BCUT2D eigenvalue weighted by atomic mass is 10.1. The standard InChI is InChI=1S/C24H30N4O3/c1-3-26-12-14-27(15-13-26)17-20-10-8-19(9-11-20)16-25-23(29)18(2)28-21-6-4-5-7-22(21)31-24(28)30/h4-11,18H,3,12-17H2,1-2H3,(H,25,29). The van der Waals surface area contributed by atoms with Crippen molar-refractivity contribution in [1.29, 1.82) is 0 Å². The van der Waals surface area contributed by atoms with E-state index >= 15 is 0 Å². The molecular weight excluding hydrogens is 392 g/mol. The van der Waals surface area contributed by atoms with E-state index in [2.05, 4.69) is 46.3 Å². The lowest BCUT2D eigenvalue weighted by molar-refractivity contribution is -0.124. The van der Waals surface area contributed by atoms with Gasteiger partial charge >= 0.3 is 5.76 Å². The summed E-state index contributed by atoms with van der Waals surface area (Å²) in [5, 5.41) is 2.93. The topological polar surface area (TPSA) is 70.7 Å². The van der Waals surface area contributed by atoms with E-state index < -0.39 is 11.8 Å². The number of nitrogens with one attached hydrogen (secondary N) is 1. The van der Waals surface area contributed by atoms with Gasteiger partial charge in [0.25, 0.3) is 0 Å². The number of para-hydroxylation sites is 2. The van der Waals surface area contributed by atoms with Crippen molar-refractivity contribution in [3.05, 3.63) is 70.2 Å². The first-order valence-electron chi connectivity index (χ1n) is 11.0. The molecule has 1 N–H and O–H groups in total. The van der Waals surface area contributed by atoms with E-state index in [0.717, 1.165) is 44.8 Å². The molecule has 0 bridgehead atoms. The highest BCUT2D eigenvalue weighted by atomic mass is 16.4. The highest BCUT2D eigenvalue weighted by Crippen LogP contribution is 2.17. The SMILES string of the molecule is CCN1CCN(Cc2ccc(CNC(=O)C(C)n3c(=O)oc4ccccc43)cc2)CC1. The zero-order chi connectivity index (χ0) is 21.8. The Hall–Kier alpha value is -2.90. The van der Waals surface area contributed by atoms with E-state index in [1.165, 1.54) is 10.1 Å². The summed E-state index contributed by atoms with van der Waals surface area (Å²) in [4.78, 5) is 29.8. The van der Waals surface area contributed by atoms with Gasteiger partial charge in [-0.3, -0.25) is 14.3 Å². The van der Waals surface area contributed by atoms with Gasteiger partial charge in [0.1, 0.15) is 6.04 Å². The van der Waals surface area contributed by atoms with Crippen LogP contribution in [0.4, 0.5) is 0 Å². The number of likely N-dealkylation sites (N-methyl/N-ethyl adjacent to an activating group) is 1. The van der Waals surface area contributed by atoms with Gasteiger partial charge in [0.15, 0.2) is 5.58 Å². The molecule has 2 heterocycles. The van der Waals surface area contributed by atoms with Gasteiger partial charge in [-0.1, -0.05) is 43.3 Å². The Kier molecular flexibility index (Phi) is 6.53. The van der Waals surface area contributed by atoms with Crippen LogP contribution in [-0.4, -0.2) is 53.0 Å². The smallest absolute Gasteiger partial charge is 0.408 e. The zero-order valence-corrected chi connectivity index (χ0v) is 18.2. The molecule has 1 unspecified atom stereocenters. The van der Waals surface area contributed by atoms with E-state index in [9.17, 15) is 9.59 Å². The zero-order valence-electron chi connectivity index (χ0n) is 18.2. The van der Waals surface area contributed by atoms with Crippen LogP contribution in [0.25, 0.3) is 11.1 Å². The summed E-state index contributed by atoms with van der Waals surface area (Å²) in [6, 6.07) is 14.9. The van der Waals surface area contributed by atoms with Crippen molar-refractivity contribution >= 4 is 17.0 Å². The fraction of sp³-hybridized carbons (Fsp3) is 0.417. The van der Waals surface area contributed by atoms with Gasteiger partial charge < -0.3 is 14.6 Å². The molecule has 2 aromatic carbocycles. The number of rotatable bonds is 7. The summed E-state index contributed by atoms with van der Waals surface area (Å²) in [6.45, 7) is 10.9. The number of oxazole rings is 1. The maximum absolute atomic E-state index is 12.7. The monoisotopic (exact) mass is 422 g/mol. The lowest BCUT2D eigenvalue weighted by Gasteiger charge is -2.34. The van der Waals surface area contributed by atoms with Crippen molar-refractivity contribution in [1.82, 2.24) is 19.7 Å². The largest absolute Gasteiger partial charge is 0.420 e. The molecule has 7 heteroatoms. The van der Waals surface area contributed by atoms with Gasteiger partial charge in [-0.15, -0.1) is 0 Å². The second-order valence-electron chi connectivity index (χ2n) is 8.13. The van der Waals surface area contributed by atoms with Gasteiger partial charge in [0.05, 0.1) is 5.52 Å². The van der Waals surface area contributed by atoms with Gasteiger partial charge in [0.2, 0.25) is 5.91 Å². The Morgan fingerprint density at radius 2 is 1.65 bits per heavy atom. The normalized spacial score (nSPS) is 16.5. The summed E-state index contributed by atoms with van der Waals surface area (Å²) in [5.74, 6) is -0.737. The third kappa shape index (κ3) is 4.89. The molecule has 164 valence electrons. The van der Waals surface area contributed by atoms with Gasteiger partial charge in [-0.2, -0.15) is 0 Å². The molecule has 4 rings (SSSR count). The number of nitrogens with zero attached hydrogens (tertiary/aromatic N) is 3. The fourth-order valence-corrected chi connectivity index (χ4v) is 4.09. The number of hydrogen-bond acceptors (Lipinski definition) is 5. The van der Waals surface area contributed by atoms with Crippen LogP contribution in [-0.2, 0) is 17.9 Å². The Bertz CT molecular complexity index is 1080. The van der Waals surface area contributed by atoms with Crippen LogP contribution in [0.5, 0.6) is 0 Å². The van der Waals surface area contributed by atoms with Crippen LogP contribution in [0, 0.1) is 0 Å². The number of aromatic nitrogens is 1. The molecule has 0 saturated carbocycles. The predicted molar refractivity (Wildman–Crippen MR) is 121 cm³/mol. The first-order valence-corrected chi connectivity index (χ1v) is 11.0. The summed E-state index contributed by atoms with van der Waals surface area (Å²) < 4.78 is 6.64. The van der Waals surface area contributed by atoms with Crippen LogP contribution in [0.2, 0.25) is 0 Å². The second-order valence-corrected chi connectivity index (χ2v) is 8.13. The molecule has 1 aromatic heterocycles. The Morgan fingerprint density at radius 3 is 2.35 bits per heavy atom. The molecule has 1 saturated heterocycles. The molecule has 1 amide bonds. The van der Waals surface area contributed by atoms with Crippen LogP contribution in [0.3, 0.4) is 0 Å². The number of benzene rings is 2. The van der Waals surface area contributed by atoms with Crippen LogP contribution in [0.15, 0.2) is 57.7 Å². The average molecular weight is 423 g/mol. The van der Waals surface area contributed by atoms with E-state index in [1.54, 1.807) is 25.1 Å². The molecule has 3 aromatic rings. The number of amides is 1. The molecule has 1 aliphatic rings. The fourth-order valence-electron chi connectivity index (χ4n) is 4.09. The Balaban J connectivity index is 1.32. The molecule has 0 spiro atoms. The molecule has 1 fully saturated rings. The van der Waals surface area contributed by atoms with Crippen molar-refractivity contribution in [3.8, 4) is 0 Å². The van der Waals surface area contributed by atoms with E-state index in [4.69, 9.17) is 4.42 Å². The van der Waals surface area contributed by atoms with E-state index in [0.29, 0.717) is 17.6 Å². The number of fused-ring (bicyclic) bond motifs is 1. The minimum Gasteiger partial charge on any atom is -0.408 e. The molecule has 7 nitrogen and oxygen atoms in total. The average Bonchev–Trinajstić information content (AvgIpc) is 3.14. The highest BCUT2D eigenvalue weighted by molar-refractivity contribution is 5.82. The first-order chi connectivity index (χ1) is 15.0. The predicted octanol–water partition coefficient (Wildman–Crippen LogP) is 2.61. The molecule has 0 radical (unpaired) electrons. The summed E-state index contributed by atoms with van der Waals surface area (Å²) >= 11 is 0. The highest BCUT2D eigenvalue weighted by Gasteiger charge is 2.21. The molecule has 1 aliphatic heterocycles. The second kappa shape index (κ2) is 9.49. The van der Waals surface area contributed by atoms with Crippen LogP contribution < -0.4 is 11.1 Å². The van der Waals surface area contributed by atoms with Crippen molar-refractivity contribution in [3.63, 3.8) is 0 Å². The van der Waals surface area contributed by atoms with Crippen molar-refractivity contribution in [2.75, 3.05) is 32.7 Å². The van der Waals surface area contributed by atoms with Crippen molar-refractivity contribution in [2.45, 2.75) is 33.0 Å². The van der Waals surface area contributed by atoms with Crippen LogP contribution in [0.1, 0.15) is 31.0 Å². The van der Waals surface area contributed by atoms with Gasteiger partial charge in [0, 0.05) is 39.3 Å². The number of carbonyl (C=O) groups is 1. The molecule has 31 heavy (non-hydrogen) atoms. The number of carbonyl (C=O) groups excluding carboxylic acids is 1. The van der Waals surface area contributed by atoms with Crippen LogP contribution >= 0.6 is 0 Å². The Morgan fingerprint density at radius 1 is 1.00 bits per heavy atom. The minimum absolute atomic E-state index is 0.216. The van der Waals surface area contributed by atoms with E-state index in [-0.39, 0.29) is 5.91 Å².